The number of anilines is 1. The number of pyridine rings is 1. The van der Waals surface area contributed by atoms with Crippen LogP contribution < -0.4 is 15.8 Å². The second-order valence-corrected chi connectivity index (χ2v) is 5.37. The van der Waals surface area contributed by atoms with Crippen LogP contribution in [0.3, 0.4) is 0 Å². The number of hydrogen-bond donors (Lipinski definition) is 2. The lowest BCUT2D eigenvalue weighted by molar-refractivity contribution is 0.398. The molecule has 5 nitrogen and oxygen atoms in total. The van der Waals surface area contributed by atoms with Crippen LogP contribution in [0.15, 0.2) is 35.5 Å². The number of nitrogens with one attached hydrogen (secondary N) is 1. The van der Waals surface area contributed by atoms with Crippen molar-refractivity contribution in [1.82, 2.24) is 4.98 Å². The van der Waals surface area contributed by atoms with Crippen LogP contribution in [0.4, 0.5) is 5.69 Å². The molecule has 1 heterocycles. The number of rotatable bonds is 4. The summed E-state index contributed by atoms with van der Waals surface area (Å²) >= 11 is 6.02. The number of nitrogens with zero attached hydrogens (tertiary/aromatic N) is 2. The van der Waals surface area contributed by atoms with Gasteiger partial charge >= 0.3 is 0 Å². The fourth-order valence-corrected chi connectivity index (χ4v) is 2.15. The second-order valence-electron chi connectivity index (χ2n) is 4.96. The van der Waals surface area contributed by atoms with E-state index in [-0.39, 0.29) is 0 Å². The van der Waals surface area contributed by atoms with Crippen LogP contribution in [0.2, 0.25) is 5.02 Å². The van der Waals surface area contributed by atoms with Gasteiger partial charge in [-0.05, 0) is 48.7 Å². The van der Waals surface area contributed by atoms with E-state index in [0.29, 0.717) is 23.4 Å². The number of methoxy groups -OCH3 is 1. The normalized spacial score (nSPS) is 11.4. The molecule has 22 heavy (non-hydrogen) atoms. The number of hydrogen-bond acceptors (Lipinski definition) is 3. The Balaban J connectivity index is 2.03. The van der Waals surface area contributed by atoms with E-state index in [2.05, 4.69) is 29.1 Å². The van der Waals surface area contributed by atoms with Gasteiger partial charge in [-0.2, -0.15) is 0 Å². The number of benzene rings is 1. The van der Waals surface area contributed by atoms with Gasteiger partial charge in [-0.15, -0.1) is 0 Å². The number of aliphatic imine (C=N–C) groups is 1. The van der Waals surface area contributed by atoms with Gasteiger partial charge in [0.25, 0.3) is 0 Å². The summed E-state index contributed by atoms with van der Waals surface area (Å²) in [5, 5.41) is 3.52. The van der Waals surface area contributed by atoms with E-state index in [1.165, 1.54) is 18.2 Å². The zero-order valence-corrected chi connectivity index (χ0v) is 13.6. The molecule has 0 saturated heterocycles. The monoisotopic (exact) mass is 318 g/mol. The quantitative estimate of drug-likeness (QED) is 0.670. The van der Waals surface area contributed by atoms with Gasteiger partial charge in [0.15, 0.2) is 5.96 Å². The Labute approximate surface area is 135 Å². The molecule has 2 aromatic rings. The van der Waals surface area contributed by atoms with Gasteiger partial charge in [-0.3, -0.25) is 0 Å². The minimum Gasteiger partial charge on any atom is -0.480 e. The standard InChI is InChI=1S/C16H19ClN4O/c1-10-4-5-13(6-11(10)2)21-16(18)20-9-12-7-14(17)15(22-3)19-8-12/h4-8H,9H2,1-3H3,(H3,18,20,21). The minimum absolute atomic E-state index is 0.343. The molecule has 0 aliphatic heterocycles. The van der Waals surface area contributed by atoms with Crippen molar-refractivity contribution in [3.05, 3.63) is 52.2 Å². The van der Waals surface area contributed by atoms with Crippen LogP contribution in [0.25, 0.3) is 0 Å². The van der Waals surface area contributed by atoms with E-state index < -0.39 is 0 Å². The Morgan fingerprint density at radius 2 is 2.09 bits per heavy atom. The van der Waals surface area contributed by atoms with Crippen molar-refractivity contribution in [1.29, 1.82) is 0 Å². The first kappa shape index (κ1) is 16.1. The first-order chi connectivity index (χ1) is 10.5. The van der Waals surface area contributed by atoms with Crippen molar-refractivity contribution < 1.29 is 4.74 Å². The Morgan fingerprint density at radius 1 is 1.32 bits per heavy atom. The van der Waals surface area contributed by atoms with E-state index in [9.17, 15) is 0 Å². The fourth-order valence-electron chi connectivity index (χ4n) is 1.88. The van der Waals surface area contributed by atoms with Crippen molar-refractivity contribution >= 4 is 23.2 Å². The lowest BCUT2D eigenvalue weighted by Crippen LogP contribution is -2.22. The van der Waals surface area contributed by atoms with Crippen LogP contribution in [0, 0.1) is 13.8 Å². The molecule has 0 atom stereocenters. The summed E-state index contributed by atoms with van der Waals surface area (Å²) in [6.07, 6.45) is 1.66. The van der Waals surface area contributed by atoms with E-state index in [1.807, 2.05) is 18.2 Å². The number of nitrogens with two attached hydrogens (primary N) is 1. The van der Waals surface area contributed by atoms with Crippen molar-refractivity contribution in [2.45, 2.75) is 20.4 Å². The number of halogens is 1. The predicted molar refractivity (Wildman–Crippen MR) is 90.7 cm³/mol. The van der Waals surface area contributed by atoms with Gasteiger partial charge in [-0.1, -0.05) is 17.7 Å². The molecular weight excluding hydrogens is 300 g/mol. The highest BCUT2D eigenvalue weighted by Gasteiger charge is 2.03. The molecule has 2 rings (SSSR count). The molecular formula is C16H19ClN4O. The average molecular weight is 319 g/mol. The van der Waals surface area contributed by atoms with E-state index in [0.717, 1.165) is 11.3 Å². The van der Waals surface area contributed by atoms with Gasteiger partial charge in [0.2, 0.25) is 5.88 Å². The molecule has 6 heteroatoms. The highest BCUT2D eigenvalue weighted by molar-refractivity contribution is 6.31. The highest BCUT2D eigenvalue weighted by Crippen LogP contribution is 2.22. The van der Waals surface area contributed by atoms with Crippen LogP contribution in [0.5, 0.6) is 5.88 Å². The summed E-state index contributed by atoms with van der Waals surface area (Å²) in [5.41, 5.74) is 10.1. The van der Waals surface area contributed by atoms with Gasteiger partial charge in [0, 0.05) is 11.9 Å². The van der Waals surface area contributed by atoms with Crippen molar-refractivity contribution in [2.75, 3.05) is 12.4 Å². The van der Waals surface area contributed by atoms with Gasteiger partial charge in [0.05, 0.1) is 13.7 Å². The number of aryl methyl sites for hydroxylation is 2. The second kappa shape index (κ2) is 7.13. The lowest BCUT2D eigenvalue weighted by Gasteiger charge is -2.08. The SMILES string of the molecule is COc1ncc(CN=C(N)Nc2ccc(C)c(C)c2)cc1Cl. The molecule has 0 aliphatic rings. The van der Waals surface area contributed by atoms with E-state index in [1.54, 1.807) is 12.3 Å². The Bertz CT molecular complexity index is 701. The molecule has 1 aromatic carbocycles. The van der Waals surface area contributed by atoms with Crippen molar-refractivity contribution in [3.63, 3.8) is 0 Å². The topological polar surface area (TPSA) is 72.5 Å². The molecule has 0 unspecified atom stereocenters. The molecule has 0 saturated carbocycles. The van der Waals surface area contributed by atoms with Gasteiger partial charge < -0.3 is 15.8 Å². The lowest BCUT2D eigenvalue weighted by atomic mass is 10.1. The summed E-state index contributed by atoms with van der Waals surface area (Å²) in [6, 6.07) is 7.80. The smallest absolute Gasteiger partial charge is 0.232 e. The average Bonchev–Trinajstić information content (AvgIpc) is 2.49. The molecule has 0 aliphatic carbocycles. The number of ether oxygens (including phenoxy) is 1. The van der Waals surface area contributed by atoms with Crippen molar-refractivity contribution in [3.8, 4) is 5.88 Å². The third-order valence-electron chi connectivity index (χ3n) is 3.27. The van der Waals surface area contributed by atoms with Crippen LogP contribution in [0.1, 0.15) is 16.7 Å². The summed E-state index contributed by atoms with van der Waals surface area (Å²) in [7, 11) is 1.53. The molecule has 0 spiro atoms. The number of guanidine groups is 1. The Morgan fingerprint density at radius 3 is 2.73 bits per heavy atom. The molecule has 0 radical (unpaired) electrons. The summed E-state index contributed by atoms with van der Waals surface area (Å²) < 4.78 is 5.01. The third-order valence-corrected chi connectivity index (χ3v) is 3.54. The van der Waals surface area contributed by atoms with E-state index >= 15 is 0 Å². The summed E-state index contributed by atoms with van der Waals surface area (Å²) in [4.78, 5) is 8.38. The first-order valence-corrected chi connectivity index (χ1v) is 7.20. The molecule has 0 amide bonds. The van der Waals surface area contributed by atoms with Gasteiger partial charge in [0.1, 0.15) is 5.02 Å². The van der Waals surface area contributed by atoms with Gasteiger partial charge in [-0.25, -0.2) is 9.98 Å². The third kappa shape index (κ3) is 4.11. The first-order valence-electron chi connectivity index (χ1n) is 6.82. The fraction of sp³-hybridized carbons (Fsp3) is 0.250. The molecule has 0 fully saturated rings. The number of aromatic nitrogens is 1. The molecule has 116 valence electrons. The predicted octanol–water partition coefficient (Wildman–Crippen LogP) is 3.29. The maximum Gasteiger partial charge on any atom is 0.232 e. The Kier molecular flexibility index (Phi) is 5.22. The maximum atomic E-state index is 6.02. The largest absolute Gasteiger partial charge is 0.480 e. The molecule has 0 bridgehead atoms. The Hall–Kier alpha value is -2.27. The molecule has 3 N–H and O–H groups in total. The van der Waals surface area contributed by atoms with Crippen LogP contribution in [-0.4, -0.2) is 18.1 Å². The van der Waals surface area contributed by atoms with Crippen molar-refractivity contribution in [2.24, 2.45) is 10.7 Å². The van der Waals surface area contributed by atoms with Crippen LogP contribution >= 0.6 is 11.6 Å². The highest BCUT2D eigenvalue weighted by atomic mass is 35.5. The van der Waals surface area contributed by atoms with E-state index in [4.69, 9.17) is 22.1 Å². The zero-order valence-electron chi connectivity index (χ0n) is 12.9. The summed E-state index contributed by atoms with van der Waals surface area (Å²) in [5.74, 6) is 0.741. The molecule has 1 aromatic heterocycles. The zero-order chi connectivity index (χ0) is 16.1. The van der Waals surface area contributed by atoms with Crippen LogP contribution in [-0.2, 0) is 6.54 Å². The minimum atomic E-state index is 0.343. The summed E-state index contributed by atoms with van der Waals surface area (Å²) in [6.45, 7) is 4.51. The maximum absolute atomic E-state index is 6.02.